The average Bonchev–Trinajstić information content (AvgIpc) is 3.70. The molecule has 9 aromatic carbocycles. The third-order valence-electron chi connectivity index (χ3n) is 11.9. The molecule has 0 saturated heterocycles. The van der Waals surface area contributed by atoms with Crippen LogP contribution in [0.5, 0.6) is 0 Å². The molecule has 0 unspecified atom stereocenters. The largest absolute Gasteiger partial charge is 0.460 e. The number of fused-ring (bicyclic) bond motifs is 10. The number of aryl methyl sites for hydroxylation is 1. The number of hydrogen-bond acceptors (Lipinski definition) is 4. The molecule has 59 heavy (non-hydrogen) atoms. The topological polar surface area (TPSA) is 51.8 Å². The highest BCUT2D eigenvalue weighted by atomic mass is 16.3. The van der Waals surface area contributed by atoms with Crippen molar-refractivity contribution in [2.75, 3.05) is 0 Å². The van der Waals surface area contributed by atoms with Gasteiger partial charge in [0.15, 0.2) is 17.5 Å². The molecule has 0 fully saturated rings. The summed E-state index contributed by atoms with van der Waals surface area (Å²) in [4.78, 5) is 15.8. The van der Waals surface area contributed by atoms with Gasteiger partial charge in [0.1, 0.15) is 11.3 Å². The van der Waals surface area contributed by atoms with Gasteiger partial charge in [-0.3, -0.25) is 0 Å². The van der Waals surface area contributed by atoms with E-state index in [1.165, 1.54) is 43.4 Å². The molecule has 1 aliphatic rings. The Morgan fingerprint density at radius 2 is 0.915 bits per heavy atom. The normalized spacial score (nSPS) is 12.5. The number of benzene rings is 9. The number of hydrogen-bond donors (Lipinski definition) is 0. The molecule has 2 aromatic heterocycles. The Balaban J connectivity index is 1.08. The zero-order valence-electron chi connectivity index (χ0n) is 32.1. The molecule has 276 valence electrons. The van der Waals surface area contributed by atoms with Gasteiger partial charge in [-0.2, -0.15) is 0 Å². The number of furan rings is 1. The molecule has 11 aromatic rings. The van der Waals surface area contributed by atoms with Crippen LogP contribution in [-0.4, -0.2) is 15.0 Å². The molecule has 0 N–H and O–H groups in total. The van der Waals surface area contributed by atoms with E-state index in [2.05, 4.69) is 188 Å². The van der Waals surface area contributed by atoms with Gasteiger partial charge in [0.05, 0.1) is 0 Å². The second kappa shape index (κ2) is 13.5. The average molecular weight is 754 g/mol. The molecule has 0 spiro atoms. The Labute approximate surface area is 340 Å². The maximum absolute atomic E-state index is 6.64. The first kappa shape index (κ1) is 33.4. The molecule has 4 nitrogen and oxygen atoms in total. The summed E-state index contributed by atoms with van der Waals surface area (Å²) >= 11 is 0. The molecule has 0 atom stereocenters. The highest BCUT2D eigenvalue weighted by Gasteiger charge is 2.22. The smallest absolute Gasteiger partial charge is 0.164 e. The Hall–Kier alpha value is -7.69. The zero-order valence-corrected chi connectivity index (χ0v) is 32.1. The molecule has 0 saturated carbocycles. The van der Waals surface area contributed by atoms with Crippen LogP contribution < -0.4 is 0 Å². The van der Waals surface area contributed by atoms with Crippen molar-refractivity contribution in [3.63, 3.8) is 0 Å². The predicted octanol–water partition coefficient (Wildman–Crippen LogP) is 14.5. The molecule has 4 heteroatoms. The summed E-state index contributed by atoms with van der Waals surface area (Å²) in [5, 5.41) is 10.7. The molecule has 0 aliphatic heterocycles. The lowest BCUT2D eigenvalue weighted by molar-refractivity contribution is 0.546. The van der Waals surface area contributed by atoms with Gasteiger partial charge < -0.3 is 4.42 Å². The first-order chi connectivity index (χ1) is 29.2. The van der Waals surface area contributed by atoms with E-state index in [1.54, 1.807) is 0 Å². The van der Waals surface area contributed by atoms with Gasteiger partial charge in [0.2, 0.25) is 0 Å². The van der Waals surface area contributed by atoms with E-state index in [0.29, 0.717) is 17.5 Å². The summed E-state index contributed by atoms with van der Waals surface area (Å²) < 4.78 is 6.64. The van der Waals surface area contributed by atoms with Gasteiger partial charge >= 0.3 is 0 Å². The number of aromatic nitrogens is 3. The third-order valence-corrected chi connectivity index (χ3v) is 11.9. The highest BCUT2D eigenvalue weighted by Crippen LogP contribution is 2.42. The third kappa shape index (κ3) is 5.64. The van der Waals surface area contributed by atoms with Crippen LogP contribution in [0.3, 0.4) is 0 Å². The molecule has 1 aliphatic carbocycles. The van der Waals surface area contributed by atoms with E-state index in [-0.39, 0.29) is 0 Å². The van der Waals surface area contributed by atoms with Crippen molar-refractivity contribution in [2.24, 2.45) is 0 Å². The van der Waals surface area contributed by atoms with Crippen molar-refractivity contribution in [1.29, 1.82) is 0 Å². The Morgan fingerprint density at radius 1 is 0.390 bits per heavy atom. The molecule has 0 bridgehead atoms. The van der Waals surface area contributed by atoms with Crippen LogP contribution >= 0.6 is 0 Å². The van der Waals surface area contributed by atoms with E-state index >= 15 is 0 Å². The first-order valence-electron chi connectivity index (χ1n) is 20.2. The fraction of sp³-hybridized carbons (Fsp3) is 0.0364. The minimum absolute atomic E-state index is 0.594. The second-order valence-electron chi connectivity index (χ2n) is 15.4. The Kier molecular flexibility index (Phi) is 7.63. The van der Waals surface area contributed by atoms with Crippen molar-refractivity contribution in [2.45, 2.75) is 12.8 Å². The van der Waals surface area contributed by atoms with Crippen LogP contribution in [0.25, 0.3) is 117 Å². The summed E-state index contributed by atoms with van der Waals surface area (Å²) in [6, 6.07) is 62.5. The molecular formula is C55H35N3O. The van der Waals surface area contributed by atoms with Crippen molar-refractivity contribution in [3.8, 4) is 56.4 Å². The minimum atomic E-state index is 0.594. The number of nitrogens with zero attached hydrogens (tertiary/aromatic N) is 3. The van der Waals surface area contributed by atoms with Crippen LogP contribution in [0, 0.1) is 0 Å². The minimum Gasteiger partial charge on any atom is -0.460 e. The standard InChI is InChI=1S/C55H35N3O/c1-3-13-34(14-4-1)36-23-24-38-30-39(26-25-37(38)29-36)53-56-54(40-27-28-46-44-19-8-7-17-42(44)43-18-9-10-20-45(43)49(46)31-40)58-55(57-53)41-32-48(35-15-5-2-6-16-35)52-47-21-11-12-22-50(47)59-51(52)33-41/h1-11,13-21,23-33H,12,22H2. The zero-order chi connectivity index (χ0) is 38.9. The SMILES string of the molecule is C1=Cc2c(oc3cc(-c4nc(-c5ccc6cc(-c7ccccc7)ccc6c5)nc(-c5ccc6c7ccccc7c7ccccc7c6c5)n4)cc(-c4ccccc4)c23)CC1. The van der Waals surface area contributed by atoms with E-state index < -0.39 is 0 Å². The van der Waals surface area contributed by atoms with E-state index in [1.807, 2.05) is 0 Å². The first-order valence-corrected chi connectivity index (χ1v) is 20.2. The van der Waals surface area contributed by atoms with Crippen molar-refractivity contribution in [1.82, 2.24) is 15.0 Å². The van der Waals surface area contributed by atoms with Gasteiger partial charge in [-0.05, 0) is 102 Å². The predicted molar refractivity (Wildman–Crippen MR) is 244 cm³/mol. The van der Waals surface area contributed by atoms with Gasteiger partial charge in [-0.15, -0.1) is 0 Å². The summed E-state index contributed by atoms with van der Waals surface area (Å²) in [6.45, 7) is 0. The van der Waals surface area contributed by atoms with E-state index in [9.17, 15) is 0 Å². The maximum atomic E-state index is 6.64. The summed E-state index contributed by atoms with van der Waals surface area (Å²) in [6.07, 6.45) is 6.30. The monoisotopic (exact) mass is 753 g/mol. The Bertz CT molecular complexity index is 3460. The fourth-order valence-corrected chi connectivity index (χ4v) is 9.06. The summed E-state index contributed by atoms with van der Waals surface area (Å²) in [5.41, 5.74) is 9.34. The van der Waals surface area contributed by atoms with Crippen molar-refractivity contribution in [3.05, 3.63) is 193 Å². The fourth-order valence-electron chi connectivity index (χ4n) is 9.06. The second-order valence-corrected chi connectivity index (χ2v) is 15.4. The lowest BCUT2D eigenvalue weighted by atomic mass is 9.93. The summed E-state index contributed by atoms with van der Waals surface area (Å²) in [5.74, 6) is 2.85. The molecule has 2 heterocycles. The number of allylic oxidation sites excluding steroid dienone is 1. The lowest BCUT2D eigenvalue weighted by Crippen LogP contribution is -2.01. The van der Waals surface area contributed by atoms with Crippen LogP contribution in [0.1, 0.15) is 17.7 Å². The molecule has 0 amide bonds. The van der Waals surface area contributed by atoms with Gasteiger partial charge in [-0.25, -0.2) is 15.0 Å². The van der Waals surface area contributed by atoms with Crippen molar-refractivity contribution < 1.29 is 4.42 Å². The molecule has 0 radical (unpaired) electrons. The van der Waals surface area contributed by atoms with E-state index in [0.717, 1.165) is 73.7 Å². The van der Waals surface area contributed by atoms with E-state index in [4.69, 9.17) is 19.4 Å². The van der Waals surface area contributed by atoms with Crippen LogP contribution in [0.15, 0.2) is 186 Å². The maximum Gasteiger partial charge on any atom is 0.164 e. The van der Waals surface area contributed by atoms with Crippen LogP contribution in [-0.2, 0) is 6.42 Å². The van der Waals surface area contributed by atoms with Gasteiger partial charge in [0, 0.05) is 34.1 Å². The van der Waals surface area contributed by atoms with Crippen LogP contribution in [0.2, 0.25) is 0 Å². The van der Waals surface area contributed by atoms with Crippen LogP contribution in [0.4, 0.5) is 0 Å². The van der Waals surface area contributed by atoms with Gasteiger partial charge in [0.25, 0.3) is 0 Å². The van der Waals surface area contributed by atoms with Gasteiger partial charge in [-0.1, -0.05) is 158 Å². The lowest BCUT2D eigenvalue weighted by Gasteiger charge is -2.13. The van der Waals surface area contributed by atoms with Crippen molar-refractivity contribution >= 4 is 60.1 Å². The molecule has 12 rings (SSSR count). The Morgan fingerprint density at radius 3 is 1.59 bits per heavy atom. The highest BCUT2D eigenvalue weighted by molar-refractivity contribution is 6.25. The molecular weight excluding hydrogens is 719 g/mol. The summed E-state index contributed by atoms with van der Waals surface area (Å²) in [7, 11) is 0. The number of rotatable bonds is 5. The quantitative estimate of drug-likeness (QED) is 0.164.